The van der Waals surface area contributed by atoms with Crippen LogP contribution in [0.1, 0.15) is 19.3 Å². The normalized spacial score (nSPS) is 11.1. The van der Waals surface area contributed by atoms with E-state index in [9.17, 15) is 18.0 Å². The Balaban J connectivity index is 3.79. The van der Waals surface area contributed by atoms with Crippen LogP contribution in [0.2, 0.25) is 0 Å². The van der Waals surface area contributed by atoms with Gasteiger partial charge in [0.15, 0.2) is 0 Å². The van der Waals surface area contributed by atoms with E-state index in [0.717, 1.165) is 0 Å². The van der Waals surface area contributed by atoms with Gasteiger partial charge in [-0.2, -0.15) is 0 Å². The van der Waals surface area contributed by atoms with E-state index in [-0.39, 0.29) is 37.5 Å². The van der Waals surface area contributed by atoms with E-state index in [4.69, 9.17) is 5.11 Å². The second kappa shape index (κ2) is 7.18. The smallest absolute Gasteiger partial charge is 0.303 e. The number of amides is 1. The van der Waals surface area contributed by atoms with Crippen LogP contribution in [0, 0.1) is 0 Å². The molecule has 0 aliphatic heterocycles. The Kier molecular flexibility index (Phi) is 6.66. The van der Waals surface area contributed by atoms with Crippen molar-refractivity contribution in [2.75, 3.05) is 19.3 Å². The van der Waals surface area contributed by atoms with E-state index >= 15 is 0 Å². The molecule has 94 valence electrons. The molecule has 8 heteroatoms. The van der Waals surface area contributed by atoms with Crippen molar-refractivity contribution in [2.24, 2.45) is 0 Å². The molecule has 0 heterocycles. The topological polar surface area (TPSA) is 113 Å². The van der Waals surface area contributed by atoms with Gasteiger partial charge in [-0.05, 0) is 6.42 Å². The second-order valence-electron chi connectivity index (χ2n) is 3.13. The Bertz CT molecular complexity index is 338. The number of carbonyl (C=O) groups excluding carboxylic acids is 1. The number of carboxylic acids is 1. The summed E-state index contributed by atoms with van der Waals surface area (Å²) in [7, 11) is -2.01. The monoisotopic (exact) mass is 252 g/mol. The van der Waals surface area contributed by atoms with Gasteiger partial charge in [0.05, 0.1) is 5.75 Å². The SMILES string of the molecule is CNC(=O)CCNS(=O)(=O)CCCC(=O)O. The quantitative estimate of drug-likeness (QED) is 0.508. The highest BCUT2D eigenvalue weighted by Gasteiger charge is 2.11. The van der Waals surface area contributed by atoms with Gasteiger partial charge in [0.2, 0.25) is 15.9 Å². The van der Waals surface area contributed by atoms with E-state index in [1.807, 2.05) is 0 Å². The van der Waals surface area contributed by atoms with Crippen LogP contribution in [-0.2, 0) is 19.6 Å². The largest absolute Gasteiger partial charge is 0.481 e. The highest BCUT2D eigenvalue weighted by molar-refractivity contribution is 7.89. The van der Waals surface area contributed by atoms with Crippen LogP contribution in [0.15, 0.2) is 0 Å². The molecular formula is C8H16N2O5S. The average Bonchev–Trinajstić information content (AvgIpc) is 2.16. The van der Waals surface area contributed by atoms with E-state index in [0.29, 0.717) is 0 Å². The van der Waals surface area contributed by atoms with Crippen molar-refractivity contribution in [3.63, 3.8) is 0 Å². The number of carbonyl (C=O) groups is 2. The van der Waals surface area contributed by atoms with E-state index in [1.165, 1.54) is 7.05 Å². The van der Waals surface area contributed by atoms with E-state index in [2.05, 4.69) is 10.0 Å². The maximum Gasteiger partial charge on any atom is 0.303 e. The fourth-order valence-electron chi connectivity index (χ4n) is 0.931. The van der Waals surface area contributed by atoms with Crippen molar-refractivity contribution in [1.82, 2.24) is 10.0 Å². The lowest BCUT2D eigenvalue weighted by Crippen LogP contribution is -2.31. The molecule has 0 fully saturated rings. The minimum absolute atomic E-state index is 0.0229. The summed E-state index contributed by atoms with van der Waals surface area (Å²) < 4.78 is 24.7. The molecule has 3 N–H and O–H groups in total. The molecule has 0 radical (unpaired) electrons. The van der Waals surface area contributed by atoms with Crippen LogP contribution in [0.25, 0.3) is 0 Å². The lowest BCUT2D eigenvalue weighted by atomic mass is 10.3. The lowest BCUT2D eigenvalue weighted by molar-refractivity contribution is -0.137. The van der Waals surface area contributed by atoms with Gasteiger partial charge in [-0.25, -0.2) is 13.1 Å². The summed E-state index contributed by atoms with van der Waals surface area (Å²) in [6, 6.07) is 0. The first kappa shape index (κ1) is 14.8. The second-order valence-corrected chi connectivity index (χ2v) is 5.06. The van der Waals surface area contributed by atoms with Gasteiger partial charge in [0, 0.05) is 26.4 Å². The number of hydrogen-bond acceptors (Lipinski definition) is 4. The Morgan fingerprint density at radius 1 is 1.25 bits per heavy atom. The van der Waals surface area contributed by atoms with Gasteiger partial charge in [-0.3, -0.25) is 9.59 Å². The number of rotatable bonds is 8. The number of carboxylic acid groups (broad SMARTS) is 1. The van der Waals surface area contributed by atoms with Gasteiger partial charge in [0.25, 0.3) is 0 Å². The summed E-state index contributed by atoms with van der Waals surface area (Å²) in [4.78, 5) is 20.9. The predicted molar refractivity (Wildman–Crippen MR) is 57.3 cm³/mol. The summed E-state index contributed by atoms with van der Waals surface area (Å²) in [6.07, 6.45) is -0.0599. The molecule has 0 saturated heterocycles. The Morgan fingerprint density at radius 2 is 1.88 bits per heavy atom. The van der Waals surface area contributed by atoms with Crippen molar-refractivity contribution in [1.29, 1.82) is 0 Å². The van der Waals surface area contributed by atoms with Crippen molar-refractivity contribution < 1.29 is 23.1 Å². The lowest BCUT2D eigenvalue weighted by Gasteiger charge is -2.05. The zero-order chi connectivity index (χ0) is 12.6. The Morgan fingerprint density at radius 3 is 2.38 bits per heavy atom. The summed E-state index contributed by atoms with van der Waals surface area (Å²) in [6.45, 7) is 0.0229. The van der Waals surface area contributed by atoms with Crippen LogP contribution in [-0.4, -0.2) is 44.7 Å². The Labute approximate surface area is 94.3 Å². The third-order valence-corrected chi connectivity index (χ3v) is 3.23. The van der Waals surface area contributed by atoms with Crippen LogP contribution in [0.3, 0.4) is 0 Å². The third-order valence-electron chi connectivity index (χ3n) is 1.76. The highest BCUT2D eigenvalue weighted by Crippen LogP contribution is 1.94. The van der Waals surface area contributed by atoms with Gasteiger partial charge in [-0.15, -0.1) is 0 Å². The van der Waals surface area contributed by atoms with E-state index < -0.39 is 16.0 Å². The number of aliphatic carboxylic acids is 1. The molecule has 0 aliphatic rings. The fourth-order valence-corrected chi connectivity index (χ4v) is 2.01. The van der Waals surface area contributed by atoms with Crippen LogP contribution in [0.5, 0.6) is 0 Å². The zero-order valence-electron chi connectivity index (χ0n) is 9.02. The first-order chi connectivity index (χ1) is 7.37. The van der Waals surface area contributed by atoms with Crippen molar-refractivity contribution in [3.05, 3.63) is 0 Å². The molecule has 16 heavy (non-hydrogen) atoms. The zero-order valence-corrected chi connectivity index (χ0v) is 9.84. The first-order valence-corrected chi connectivity index (χ1v) is 6.42. The molecule has 1 amide bonds. The first-order valence-electron chi connectivity index (χ1n) is 4.77. The molecule has 7 nitrogen and oxygen atoms in total. The fraction of sp³-hybridized carbons (Fsp3) is 0.750. The molecule has 0 saturated carbocycles. The molecular weight excluding hydrogens is 236 g/mol. The van der Waals surface area contributed by atoms with Gasteiger partial charge in [-0.1, -0.05) is 0 Å². The van der Waals surface area contributed by atoms with Crippen LogP contribution < -0.4 is 10.0 Å². The van der Waals surface area contributed by atoms with Crippen molar-refractivity contribution in [3.8, 4) is 0 Å². The molecule has 0 aliphatic carbocycles. The summed E-state index contributed by atoms with van der Waals surface area (Å²) in [5.41, 5.74) is 0. The third kappa shape index (κ3) is 8.18. The number of nitrogens with one attached hydrogen (secondary N) is 2. The number of hydrogen-bond donors (Lipinski definition) is 3. The summed E-state index contributed by atoms with van der Waals surface area (Å²) in [5.74, 6) is -1.53. The minimum atomic E-state index is -3.47. The standard InChI is InChI=1S/C8H16N2O5S/c1-9-7(11)4-5-10-16(14,15)6-2-3-8(12)13/h10H,2-6H2,1H3,(H,9,11)(H,12,13). The number of sulfonamides is 1. The van der Waals surface area contributed by atoms with Gasteiger partial charge in [0.1, 0.15) is 0 Å². The average molecular weight is 252 g/mol. The molecule has 0 aromatic heterocycles. The summed E-state index contributed by atoms with van der Waals surface area (Å²) >= 11 is 0. The molecule has 0 bridgehead atoms. The highest BCUT2D eigenvalue weighted by atomic mass is 32.2. The molecule has 0 rings (SSSR count). The van der Waals surface area contributed by atoms with Crippen LogP contribution >= 0.6 is 0 Å². The molecule has 0 spiro atoms. The van der Waals surface area contributed by atoms with Crippen molar-refractivity contribution >= 4 is 21.9 Å². The van der Waals surface area contributed by atoms with Crippen LogP contribution in [0.4, 0.5) is 0 Å². The molecule has 0 aromatic rings. The maximum atomic E-state index is 11.2. The predicted octanol–water partition coefficient (Wildman–Crippen LogP) is -1.09. The molecule has 0 aromatic carbocycles. The maximum absolute atomic E-state index is 11.2. The van der Waals surface area contributed by atoms with Crippen molar-refractivity contribution in [2.45, 2.75) is 19.3 Å². The molecule has 0 atom stereocenters. The molecule has 0 unspecified atom stereocenters. The van der Waals surface area contributed by atoms with E-state index in [1.54, 1.807) is 0 Å². The Hall–Kier alpha value is -1.15. The summed E-state index contributed by atoms with van der Waals surface area (Å²) in [5, 5.41) is 10.7. The minimum Gasteiger partial charge on any atom is -0.481 e. The van der Waals surface area contributed by atoms with Gasteiger partial charge >= 0.3 is 5.97 Å². The van der Waals surface area contributed by atoms with Gasteiger partial charge < -0.3 is 10.4 Å².